The molecule has 5 heteroatoms. The fourth-order valence-electron chi connectivity index (χ4n) is 3.54. The lowest BCUT2D eigenvalue weighted by atomic mass is 10.0. The lowest BCUT2D eigenvalue weighted by Crippen LogP contribution is -2.36. The Balaban J connectivity index is 1.75. The zero-order chi connectivity index (χ0) is 20.6. The van der Waals surface area contributed by atoms with Crippen LogP contribution < -0.4 is 10.1 Å². The molecule has 0 unspecified atom stereocenters. The summed E-state index contributed by atoms with van der Waals surface area (Å²) in [6.45, 7) is 4.06. The van der Waals surface area contributed by atoms with Crippen LogP contribution in [0, 0.1) is 5.92 Å². The number of carbonyl (C=O) groups is 2. The van der Waals surface area contributed by atoms with Gasteiger partial charge >= 0.3 is 0 Å². The smallest absolute Gasteiger partial charge is 0.251 e. The van der Waals surface area contributed by atoms with E-state index in [-0.39, 0.29) is 17.7 Å². The molecule has 2 aromatic rings. The maximum absolute atomic E-state index is 13.1. The molecule has 0 aliphatic carbocycles. The Morgan fingerprint density at radius 3 is 2.59 bits per heavy atom. The van der Waals surface area contributed by atoms with Crippen molar-refractivity contribution in [3.63, 3.8) is 0 Å². The van der Waals surface area contributed by atoms with E-state index < -0.39 is 0 Å². The Labute approximate surface area is 172 Å². The molecule has 3 rings (SSSR count). The number of carbonyl (C=O) groups excluding carboxylic acids is 2. The topological polar surface area (TPSA) is 58.6 Å². The third kappa shape index (κ3) is 5.47. The molecule has 1 aliphatic heterocycles. The van der Waals surface area contributed by atoms with Gasteiger partial charge in [-0.05, 0) is 30.0 Å². The van der Waals surface area contributed by atoms with Crippen LogP contribution in [0.4, 0.5) is 0 Å². The SMILES string of the molecule is COc1ccccc1/C=C(\C(=O)NC[C@@H](C)CN1CCCC1=O)c1ccccc1. The Kier molecular flexibility index (Phi) is 7.06. The van der Waals surface area contributed by atoms with Gasteiger partial charge in [-0.15, -0.1) is 0 Å². The van der Waals surface area contributed by atoms with Crippen LogP contribution in [0.1, 0.15) is 30.9 Å². The molecule has 1 aliphatic rings. The molecular weight excluding hydrogens is 364 g/mol. The highest BCUT2D eigenvalue weighted by molar-refractivity contribution is 6.24. The van der Waals surface area contributed by atoms with Gasteiger partial charge in [0.15, 0.2) is 0 Å². The quantitative estimate of drug-likeness (QED) is 0.551. The monoisotopic (exact) mass is 392 g/mol. The third-order valence-electron chi connectivity index (χ3n) is 5.08. The number of ether oxygens (including phenoxy) is 1. The maximum atomic E-state index is 13.1. The van der Waals surface area contributed by atoms with Crippen LogP contribution in [-0.4, -0.2) is 43.5 Å². The molecular formula is C24H28N2O3. The van der Waals surface area contributed by atoms with E-state index in [1.54, 1.807) is 7.11 Å². The lowest BCUT2D eigenvalue weighted by Gasteiger charge is -2.21. The summed E-state index contributed by atoms with van der Waals surface area (Å²) in [6.07, 6.45) is 3.43. The average molecular weight is 392 g/mol. The number of para-hydroxylation sites is 1. The summed E-state index contributed by atoms with van der Waals surface area (Å²) in [4.78, 5) is 26.8. The van der Waals surface area contributed by atoms with E-state index in [0.29, 0.717) is 25.1 Å². The van der Waals surface area contributed by atoms with Gasteiger partial charge in [0.1, 0.15) is 5.75 Å². The molecule has 1 heterocycles. The Morgan fingerprint density at radius 2 is 1.90 bits per heavy atom. The molecule has 5 nitrogen and oxygen atoms in total. The molecule has 1 fully saturated rings. The van der Waals surface area contributed by atoms with Gasteiger partial charge in [-0.1, -0.05) is 55.5 Å². The van der Waals surface area contributed by atoms with Gasteiger partial charge in [-0.2, -0.15) is 0 Å². The van der Waals surface area contributed by atoms with Crippen LogP contribution in [-0.2, 0) is 9.59 Å². The first-order valence-electron chi connectivity index (χ1n) is 10.0. The Bertz CT molecular complexity index is 877. The second-order valence-electron chi connectivity index (χ2n) is 7.42. The van der Waals surface area contributed by atoms with E-state index in [0.717, 1.165) is 29.8 Å². The van der Waals surface area contributed by atoms with E-state index in [2.05, 4.69) is 12.2 Å². The van der Waals surface area contributed by atoms with Gasteiger partial charge in [0.2, 0.25) is 5.91 Å². The first-order valence-corrected chi connectivity index (χ1v) is 10.0. The van der Waals surface area contributed by atoms with E-state index in [4.69, 9.17) is 4.74 Å². The van der Waals surface area contributed by atoms with Gasteiger partial charge in [0.05, 0.1) is 7.11 Å². The highest BCUT2D eigenvalue weighted by Gasteiger charge is 2.22. The number of benzene rings is 2. The highest BCUT2D eigenvalue weighted by atomic mass is 16.5. The predicted molar refractivity (Wildman–Crippen MR) is 115 cm³/mol. The fraction of sp³-hybridized carbons (Fsp3) is 0.333. The molecule has 29 heavy (non-hydrogen) atoms. The molecule has 0 saturated carbocycles. The molecule has 0 aromatic heterocycles. The molecule has 0 radical (unpaired) electrons. The van der Waals surface area contributed by atoms with Crippen LogP contribution in [0.25, 0.3) is 11.6 Å². The van der Waals surface area contributed by atoms with Crippen molar-refractivity contribution in [3.05, 3.63) is 65.7 Å². The zero-order valence-electron chi connectivity index (χ0n) is 17.1. The Hall–Kier alpha value is -3.08. The number of likely N-dealkylation sites (tertiary alicyclic amines) is 1. The number of rotatable bonds is 8. The molecule has 2 amide bonds. The standard InChI is InChI=1S/C24H28N2O3/c1-18(17-26-14-8-13-23(26)27)16-25-24(28)21(19-9-4-3-5-10-19)15-20-11-6-7-12-22(20)29-2/h3-7,9-12,15,18H,8,13-14,16-17H2,1-2H3,(H,25,28)/b21-15-/t18-/m1/s1. The first kappa shape index (κ1) is 20.6. The fourth-order valence-corrected chi connectivity index (χ4v) is 3.54. The predicted octanol–water partition coefficient (Wildman–Crippen LogP) is 3.61. The van der Waals surface area contributed by atoms with E-state index in [1.165, 1.54) is 0 Å². The summed E-state index contributed by atoms with van der Waals surface area (Å²) in [5.41, 5.74) is 2.28. The minimum Gasteiger partial charge on any atom is -0.496 e. The summed E-state index contributed by atoms with van der Waals surface area (Å²) in [7, 11) is 1.62. The summed E-state index contributed by atoms with van der Waals surface area (Å²) in [5, 5.41) is 3.04. The number of hydrogen-bond donors (Lipinski definition) is 1. The summed E-state index contributed by atoms with van der Waals surface area (Å²) >= 11 is 0. The largest absolute Gasteiger partial charge is 0.496 e. The minimum atomic E-state index is -0.137. The number of nitrogens with zero attached hydrogens (tertiary/aromatic N) is 1. The van der Waals surface area contributed by atoms with Crippen molar-refractivity contribution in [1.82, 2.24) is 10.2 Å². The van der Waals surface area contributed by atoms with Crippen LogP contribution in [0.15, 0.2) is 54.6 Å². The summed E-state index contributed by atoms with van der Waals surface area (Å²) in [5.74, 6) is 0.977. The van der Waals surface area contributed by atoms with E-state index in [9.17, 15) is 9.59 Å². The van der Waals surface area contributed by atoms with Crippen LogP contribution in [0.2, 0.25) is 0 Å². The van der Waals surface area contributed by atoms with Crippen molar-refractivity contribution in [2.24, 2.45) is 5.92 Å². The van der Waals surface area contributed by atoms with Gasteiger partial charge in [-0.3, -0.25) is 9.59 Å². The average Bonchev–Trinajstić information content (AvgIpc) is 3.15. The zero-order valence-corrected chi connectivity index (χ0v) is 17.1. The number of amides is 2. The van der Waals surface area contributed by atoms with Crippen molar-refractivity contribution in [2.45, 2.75) is 19.8 Å². The molecule has 152 valence electrons. The first-order chi connectivity index (χ1) is 14.1. The van der Waals surface area contributed by atoms with Crippen molar-refractivity contribution < 1.29 is 14.3 Å². The third-order valence-corrected chi connectivity index (χ3v) is 5.08. The number of nitrogens with one attached hydrogen (secondary N) is 1. The molecule has 0 spiro atoms. The summed E-state index contributed by atoms with van der Waals surface area (Å²) < 4.78 is 5.43. The van der Waals surface area contributed by atoms with Gasteiger partial charge in [-0.25, -0.2) is 0 Å². The Morgan fingerprint density at radius 1 is 1.17 bits per heavy atom. The van der Waals surface area contributed by atoms with Gasteiger partial charge in [0.25, 0.3) is 5.91 Å². The van der Waals surface area contributed by atoms with Crippen LogP contribution >= 0.6 is 0 Å². The van der Waals surface area contributed by atoms with Crippen molar-refractivity contribution in [1.29, 1.82) is 0 Å². The number of hydrogen-bond acceptors (Lipinski definition) is 3. The van der Waals surface area contributed by atoms with Crippen molar-refractivity contribution in [2.75, 3.05) is 26.7 Å². The maximum Gasteiger partial charge on any atom is 0.251 e. The van der Waals surface area contributed by atoms with E-state index in [1.807, 2.05) is 65.6 Å². The van der Waals surface area contributed by atoms with Crippen molar-refractivity contribution >= 4 is 23.5 Å². The molecule has 1 N–H and O–H groups in total. The van der Waals surface area contributed by atoms with Crippen LogP contribution in [0.3, 0.4) is 0 Å². The molecule has 1 saturated heterocycles. The molecule has 0 bridgehead atoms. The number of methoxy groups -OCH3 is 1. The highest BCUT2D eigenvalue weighted by Crippen LogP contribution is 2.25. The second kappa shape index (κ2) is 9.92. The van der Waals surface area contributed by atoms with Crippen LogP contribution in [0.5, 0.6) is 5.75 Å². The summed E-state index contributed by atoms with van der Waals surface area (Å²) in [6, 6.07) is 17.2. The van der Waals surface area contributed by atoms with E-state index >= 15 is 0 Å². The molecule has 1 atom stereocenters. The van der Waals surface area contributed by atoms with Gasteiger partial charge in [0, 0.05) is 37.2 Å². The van der Waals surface area contributed by atoms with Crippen molar-refractivity contribution in [3.8, 4) is 5.75 Å². The normalized spacial score (nSPS) is 15.3. The minimum absolute atomic E-state index is 0.137. The molecule has 2 aromatic carbocycles. The van der Waals surface area contributed by atoms with Gasteiger partial charge < -0.3 is 15.0 Å². The lowest BCUT2D eigenvalue weighted by molar-refractivity contribution is -0.128. The second-order valence-corrected chi connectivity index (χ2v) is 7.42.